The van der Waals surface area contributed by atoms with Crippen molar-refractivity contribution in [1.29, 1.82) is 0 Å². The molecule has 0 radical (unpaired) electrons. The Labute approximate surface area is 114 Å². The standard InChI is InChI=1S/C11H15N7O2/c1-2-5-17-8(12-14-16-17)6-18-10(7-3-4-7)9(11(19)20)13-15-18/h7H,2-6H2,1H3,(H,19,20). The maximum Gasteiger partial charge on any atom is 0.358 e. The Bertz CT molecular complexity index is 629. The monoisotopic (exact) mass is 277 g/mol. The van der Waals surface area contributed by atoms with E-state index in [1.165, 1.54) is 0 Å². The van der Waals surface area contributed by atoms with Gasteiger partial charge in [-0.1, -0.05) is 12.1 Å². The summed E-state index contributed by atoms with van der Waals surface area (Å²) in [5.41, 5.74) is 0.727. The van der Waals surface area contributed by atoms with Gasteiger partial charge in [0.1, 0.15) is 6.54 Å². The minimum atomic E-state index is -1.04. The summed E-state index contributed by atoms with van der Waals surface area (Å²) in [5, 5.41) is 28.4. The van der Waals surface area contributed by atoms with Crippen molar-refractivity contribution in [2.24, 2.45) is 0 Å². The first-order valence-electron chi connectivity index (χ1n) is 6.62. The smallest absolute Gasteiger partial charge is 0.358 e. The second kappa shape index (κ2) is 4.99. The van der Waals surface area contributed by atoms with Crippen LogP contribution in [0.5, 0.6) is 0 Å². The van der Waals surface area contributed by atoms with Crippen LogP contribution in [0.15, 0.2) is 0 Å². The van der Waals surface area contributed by atoms with E-state index in [9.17, 15) is 4.79 Å². The van der Waals surface area contributed by atoms with E-state index < -0.39 is 5.97 Å². The van der Waals surface area contributed by atoms with E-state index in [0.717, 1.165) is 25.8 Å². The number of aromatic carboxylic acids is 1. The molecule has 0 bridgehead atoms. The van der Waals surface area contributed by atoms with E-state index >= 15 is 0 Å². The van der Waals surface area contributed by atoms with Crippen LogP contribution in [-0.4, -0.2) is 46.3 Å². The third kappa shape index (κ3) is 2.26. The highest BCUT2D eigenvalue weighted by Gasteiger charge is 2.34. The Morgan fingerprint density at radius 3 is 2.75 bits per heavy atom. The fourth-order valence-electron chi connectivity index (χ4n) is 2.21. The third-order valence-corrected chi connectivity index (χ3v) is 3.27. The molecule has 20 heavy (non-hydrogen) atoms. The zero-order chi connectivity index (χ0) is 14.1. The molecule has 1 N–H and O–H groups in total. The number of carbonyl (C=O) groups is 1. The molecule has 1 aliphatic carbocycles. The zero-order valence-corrected chi connectivity index (χ0v) is 11.1. The predicted molar refractivity (Wildman–Crippen MR) is 66.2 cm³/mol. The van der Waals surface area contributed by atoms with Crippen molar-refractivity contribution >= 4 is 5.97 Å². The van der Waals surface area contributed by atoms with E-state index in [2.05, 4.69) is 25.8 Å². The summed E-state index contributed by atoms with van der Waals surface area (Å²) in [6.07, 6.45) is 2.88. The van der Waals surface area contributed by atoms with E-state index in [1.54, 1.807) is 9.36 Å². The molecule has 1 fully saturated rings. The number of aromatic nitrogens is 7. The molecule has 3 rings (SSSR count). The summed E-state index contributed by atoms with van der Waals surface area (Å²) in [4.78, 5) is 11.2. The van der Waals surface area contributed by atoms with E-state index in [1.807, 2.05) is 6.92 Å². The molecule has 106 valence electrons. The number of hydrogen-bond acceptors (Lipinski definition) is 6. The van der Waals surface area contributed by atoms with Gasteiger partial charge in [0.15, 0.2) is 11.5 Å². The molecule has 2 aromatic heterocycles. The number of rotatable bonds is 6. The molecular formula is C11H15N7O2. The second-order valence-corrected chi connectivity index (χ2v) is 4.88. The summed E-state index contributed by atoms with van der Waals surface area (Å²) in [7, 11) is 0. The topological polar surface area (TPSA) is 112 Å². The molecule has 2 heterocycles. The fraction of sp³-hybridized carbons (Fsp3) is 0.636. The molecule has 1 saturated carbocycles. The van der Waals surface area contributed by atoms with Gasteiger partial charge in [0.2, 0.25) is 0 Å². The fourth-order valence-corrected chi connectivity index (χ4v) is 2.21. The van der Waals surface area contributed by atoms with Gasteiger partial charge >= 0.3 is 5.97 Å². The Kier molecular flexibility index (Phi) is 3.17. The van der Waals surface area contributed by atoms with Crippen LogP contribution in [0.3, 0.4) is 0 Å². The van der Waals surface area contributed by atoms with Crippen molar-refractivity contribution in [2.45, 2.75) is 45.2 Å². The molecule has 1 aliphatic rings. The molecule has 0 amide bonds. The summed E-state index contributed by atoms with van der Waals surface area (Å²) >= 11 is 0. The number of carboxylic acid groups (broad SMARTS) is 1. The zero-order valence-electron chi connectivity index (χ0n) is 11.1. The SMILES string of the molecule is CCCn1nnnc1Cn1nnc(C(=O)O)c1C1CC1. The Morgan fingerprint density at radius 1 is 1.30 bits per heavy atom. The lowest BCUT2D eigenvalue weighted by atomic mass is 10.2. The first kappa shape index (κ1) is 12.7. The molecule has 0 aliphatic heterocycles. The van der Waals surface area contributed by atoms with Crippen LogP contribution in [0.4, 0.5) is 0 Å². The van der Waals surface area contributed by atoms with Crippen LogP contribution in [0.1, 0.15) is 54.1 Å². The highest BCUT2D eigenvalue weighted by atomic mass is 16.4. The van der Waals surface area contributed by atoms with Gasteiger partial charge in [-0.2, -0.15) is 0 Å². The van der Waals surface area contributed by atoms with Crippen LogP contribution in [0, 0.1) is 0 Å². The lowest BCUT2D eigenvalue weighted by Gasteiger charge is -2.06. The average molecular weight is 277 g/mol. The normalized spacial score (nSPS) is 14.7. The number of aryl methyl sites for hydroxylation is 1. The number of tetrazole rings is 1. The Hall–Kier alpha value is -2.32. The van der Waals surface area contributed by atoms with Crippen LogP contribution in [-0.2, 0) is 13.1 Å². The van der Waals surface area contributed by atoms with Crippen molar-refractivity contribution in [3.8, 4) is 0 Å². The lowest BCUT2D eigenvalue weighted by Crippen LogP contribution is -2.13. The van der Waals surface area contributed by atoms with Gasteiger partial charge in [-0.05, 0) is 29.7 Å². The van der Waals surface area contributed by atoms with Crippen molar-refractivity contribution in [1.82, 2.24) is 35.2 Å². The van der Waals surface area contributed by atoms with Crippen LogP contribution >= 0.6 is 0 Å². The summed E-state index contributed by atoms with van der Waals surface area (Å²) in [5.74, 6) is -0.131. The van der Waals surface area contributed by atoms with E-state index in [4.69, 9.17) is 5.11 Å². The van der Waals surface area contributed by atoms with Crippen molar-refractivity contribution in [3.63, 3.8) is 0 Å². The molecule has 9 heteroatoms. The highest BCUT2D eigenvalue weighted by molar-refractivity contribution is 5.86. The van der Waals surface area contributed by atoms with E-state index in [0.29, 0.717) is 18.1 Å². The van der Waals surface area contributed by atoms with Crippen LogP contribution in [0.2, 0.25) is 0 Å². The molecule has 0 spiro atoms. The van der Waals surface area contributed by atoms with Gasteiger partial charge in [-0.25, -0.2) is 14.2 Å². The van der Waals surface area contributed by atoms with E-state index in [-0.39, 0.29) is 11.6 Å². The molecule has 0 atom stereocenters. The number of hydrogen-bond donors (Lipinski definition) is 1. The van der Waals surface area contributed by atoms with Crippen molar-refractivity contribution < 1.29 is 9.90 Å². The Balaban J connectivity index is 1.90. The highest BCUT2D eigenvalue weighted by Crippen LogP contribution is 2.41. The Morgan fingerprint density at radius 2 is 2.10 bits per heavy atom. The number of nitrogens with zero attached hydrogens (tertiary/aromatic N) is 7. The minimum absolute atomic E-state index is 0.0435. The summed E-state index contributed by atoms with van der Waals surface area (Å²) in [6, 6.07) is 0. The second-order valence-electron chi connectivity index (χ2n) is 4.88. The number of carboxylic acids is 1. The first-order chi connectivity index (χ1) is 9.70. The van der Waals surface area contributed by atoms with Crippen molar-refractivity contribution in [2.75, 3.05) is 0 Å². The first-order valence-corrected chi connectivity index (χ1v) is 6.62. The van der Waals surface area contributed by atoms with Crippen LogP contribution < -0.4 is 0 Å². The van der Waals surface area contributed by atoms with Crippen LogP contribution in [0.25, 0.3) is 0 Å². The van der Waals surface area contributed by atoms with Gasteiger partial charge in [0, 0.05) is 12.5 Å². The molecule has 9 nitrogen and oxygen atoms in total. The van der Waals surface area contributed by atoms with Gasteiger partial charge in [-0.3, -0.25) is 0 Å². The van der Waals surface area contributed by atoms with Crippen molar-refractivity contribution in [3.05, 3.63) is 17.2 Å². The largest absolute Gasteiger partial charge is 0.476 e. The summed E-state index contributed by atoms with van der Waals surface area (Å²) < 4.78 is 3.32. The minimum Gasteiger partial charge on any atom is -0.476 e. The molecule has 0 unspecified atom stereocenters. The average Bonchev–Trinajstić information content (AvgIpc) is 3.02. The maximum absolute atomic E-state index is 11.2. The molecule has 2 aromatic rings. The molecular weight excluding hydrogens is 262 g/mol. The van der Waals surface area contributed by atoms with Gasteiger partial charge in [-0.15, -0.1) is 10.2 Å². The van der Waals surface area contributed by atoms with Gasteiger partial charge in [0.25, 0.3) is 0 Å². The molecule has 0 aromatic carbocycles. The van der Waals surface area contributed by atoms with Gasteiger partial charge < -0.3 is 5.11 Å². The predicted octanol–water partition coefficient (Wildman–Crippen LogP) is 0.298. The third-order valence-electron chi connectivity index (χ3n) is 3.27. The maximum atomic E-state index is 11.2. The quantitative estimate of drug-likeness (QED) is 0.808. The molecule has 0 saturated heterocycles. The summed E-state index contributed by atoms with van der Waals surface area (Å²) in [6.45, 7) is 3.11. The van der Waals surface area contributed by atoms with Gasteiger partial charge in [0.05, 0.1) is 5.69 Å². The lowest BCUT2D eigenvalue weighted by molar-refractivity contribution is 0.0689.